The maximum absolute atomic E-state index is 11.2. The van der Waals surface area contributed by atoms with E-state index in [0.717, 1.165) is 82.8 Å². The van der Waals surface area contributed by atoms with Gasteiger partial charge in [0.15, 0.2) is 0 Å². The van der Waals surface area contributed by atoms with Gasteiger partial charge in [0, 0.05) is 27.1 Å². The van der Waals surface area contributed by atoms with Crippen molar-refractivity contribution in [1.29, 1.82) is 10.5 Å². The van der Waals surface area contributed by atoms with Crippen LogP contribution < -0.4 is 0 Å². The normalized spacial score (nSPS) is 11.4. The number of nitrogens with zero attached hydrogens (tertiary/aromatic N) is 4. The molecule has 2 heterocycles. The van der Waals surface area contributed by atoms with Gasteiger partial charge in [-0.1, -0.05) is 114 Å². The fourth-order valence-electron chi connectivity index (χ4n) is 9.34. The molecule has 59 heavy (non-hydrogen) atoms. The van der Waals surface area contributed by atoms with Crippen LogP contribution in [0, 0.1) is 57.3 Å². The Labute approximate surface area is 344 Å². The van der Waals surface area contributed by atoms with E-state index in [2.05, 4.69) is 188 Å². The number of aryl methyl sites for hydroxylation is 5. The van der Waals surface area contributed by atoms with Crippen LogP contribution in [0.2, 0.25) is 0 Å². The molecule has 0 amide bonds. The Balaban J connectivity index is 1.32. The first-order chi connectivity index (χ1) is 28.7. The second-order valence-electron chi connectivity index (χ2n) is 16.0. The van der Waals surface area contributed by atoms with Crippen LogP contribution in [0.4, 0.5) is 0 Å². The lowest BCUT2D eigenvalue weighted by Crippen LogP contribution is -2.04. The van der Waals surface area contributed by atoms with Crippen LogP contribution in [0.3, 0.4) is 0 Å². The molecule has 0 aliphatic rings. The third-order valence-electron chi connectivity index (χ3n) is 12.0. The van der Waals surface area contributed by atoms with Crippen molar-refractivity contribution in [2.45, 2.75) is 34.6 Å². The minimum atomic E-state index is 0.549. The van der Waals surface area contributed by atoms with Crippen molar-refractivity contribution in [3.63, 3.8) is 0 Å². The van der Waals surface area contributed by atoms with E-state index in [1.807, 2.05) is 19.1 Å². The van der Waals surface area contributed by atoms with Gasteiger partial charge in [0.25, 0.3) is 0 Å². The van der Waals surface area contributed by atoms with E-state index in [-0.39, 0.29) is 0 Å². The lowest BCUT2D eigenvalue weighted by atomic mass is 9.96. The monoisotopic (exact) mass is 756 g/mol. The molecule has 0 saturated heterocycles. The summed E-state index contributed by atoms with van der Waals surface area (Å²) >= 11 is 0. The second-order valence-corrected chi connectivity index (χ2v) is 16.0. The SMILES string of the molecule is Cc1cc(C#N)cc(-c2cc(-n3c4ccccc4c4ccc(-c5ccc(C)cc5C)cc43)c(C#N)cc2-n2c3ccccc3c3ccc(-c4ccc(C)cc4C)cc32)c1. The zero-order valence-electron chi connectivity index (χ0n) is 33.7. The Bertz CT molecular complexity index is 3470. The van der Waals surface area contributed by atoms with Gasteiger partial charge in [-0.3, -0.25) is 0 Å². The summed E-state index contributed by atoms with van der Waals surface area (Å²) in [6.07, 6.45) is 0. The highest BCUT2D eigenvalue weighted by atomic mass is 15.0. The van der Waals surface area contributed by atoms with Crippen LogP contribution in [-0.4, -0.2) is 9.13 Å². The molecule has 2 aromatic heterocycles. The van der Waals surface area contributed by atoms with E-state index in [4.69, 9.17) is 0 Å². The zero-order valence-corrected chi connectivity index (χ0v) is 33.7. The molecule has 0 atom stereocenters. The second kappa shape index (κ2) is 13.8. The summed E-state index contributed by atoms with van der Waals surface area (Å²) in [4.78, 5) is 0. The zero-order chi connectivity index (χ0) is 40.5. The van der Waals surface area contributed by atoms with Crippen molar-refractivity contribution >= 4 is 43.6 Å². The Kier molecular flexibility index (Phi) is 8.34. The Morgan fingerprint density at radius 2 is 0.898 bits per heavy atom. The van der Waals surface area contributed by atoms with Crippen LogP contribution >= 0.6 is 0 Å². The molecule has 4 heteroatoms. The van der Waals surface area contributed by atoms with E-state index < -0.39 is 0 Å². The van der Waals surface area contributed by atoms with Gasteiger partial charge in [0.05, 0.1) is 50.6 Å². The summed E-state index contributed by atoms with van der Waals surface area (Å²) in [5.41, 5.74) is 19.3. The molecule has 0 fully saturated rings. The van der Waals surface area contributed by atoms with Crippen LogP contribution in [0.5, 0.6) is 0 Å². The Hall–Kier alpha value is -7.66. The molecule has 0 spiro atoms. The number of fused-ring (bicyclic) bond motifs is 6. The minimum Gasteiger partial charge on any atom is -0.309 e. The lowest BCUT2D eigenvalue weighted by Gasteiger charge is -2.19. The highest BCUT2D eigenvalue weighted by molar-refractivity contribution is 6.12. The molecule has 10 rings (SSSR count). The average molecular weight is 757 g/mol. The largest absolute Gasteiger partial charge is 0.309 e. The first-order valence-electron chi connectivity index (χ1n) is 20.0. The summed E-state index contributed by atoms with van der Waals surface area (Å²) in [5, 5.41) is 25.9. The molecular formula is C55H40N4. The lowest BCUT2D eigenvalue weighted by molar-refractivity contribution is 1.13. The van der Waals surface area contributed by atoms with Crippen molar-refractivity contribution in [3.05, 3.63) is 191 Å². The van der Waals surface area contributed by atoms with Crippen molar-refractivity contribution in [2.24, 2.45) is 0 Å². The number of hydrogen-bond donors (Lipinski definition) is 0. The van der Waals surface area contributed by atoms with E-state index >= 15 is 0 Å². The molecule has 0 bridgehead atoms. The van der Waals surface area contributed by atoms with E-state index in [1.165, 1.54) is 33.4 Å². The molecule has 4 nitrogen and oxygen atoms in total. The Morgan fingerprint density at radius 1 is 0.373 bits per heavy atom. The molecule has 0 radical (unpaired) electrons. The number of hydrogen-bond acceptors (Lipinski definition) is 2. The van der Waals surface area contributed by atoms with Crippen molar-refractivity contribution < 1.29 is 0 Å². The summed E-state index contributed by atoms with van der Waals surface area (Å²) in [6.45, 7) is 10.6. The summed E-state index contributed by atoms with van der Waals surface area (Å²) in [5.74, 6) is 0. The van der Waals surface area contributed by atoms with E-state index in [0.29, 0.717) is 11.1 Å². The smallest absolute Gasteiger partial charge is 0.101 e. The van der Waals surface area contributed by atoms with Crippen molar-refractivity contribution in [3.8, 4) is 56.9 Å². The van der Waals surface area contributed by atoms with Crippen LogP contribution in [0.25, 0.3) is 88.4 Å². The highest BCUT2D eigenvalue weighted by Crippen LogP contribution is 2.43. The van der Waals surface area contributed by atoms with Gasteiger partial charge >= 0.3 is 0 Å². The number of aromatic nitrogens is 2. The van der Waals surface area contributed by atoms with Gasteiger partial charge in [0.1, 0.15) is 6.07 Å². The van der Waals surface area contributed by atoms with E-state index in [1.54, 1.807) is 0 Å². The summed E-state index contributed by atoms with van der Waals surface area (Å²) in [7, 11) is 0. The molecule has 280 valence electrons. The number of benzene rings is 8. The predicted molar refractivity (Wildman–Crippen MR) is 245 cm³/mol. The number of nitriles is 2. The third kappa shape index (κ3) is 5.81. The van der Waals surface area contributed by atoms with Gasteiger partial charge < -0.3 is 9.13 Å². The molecule has 10 aromatic rings. The third-order valence-corrected chi connectivity index (χ3v) is 12.0. The van der Waals surface area contributed by atoms with Crippen LogP contribution in [0.1, 0.15) is 38.9 Å². The van der Waals surface area contributed by atoms with Crippen molar-refractivity contribution in [1.82, 2.24) is 9.13 Å². The average Bonchev–Trinajstić information content (AvgIpc) is 3.75. The van der Waals surface area contributed by atoms with Gasteiger partial charge in [0.2, 0.25) is 0 Å². The summed E-state index contributed by atoms with van der Waals surface area (Å²) < 4.78 is 4.57. The maximum atomic E-state index is 11.2. The molecular weight excluding hydrogens is 717 g/mol. The first kappa shape index (κ1) is 35.7. The topological polar surface area (TPSA) is 57.4 Å². The van der Waals surface area contributed by atoms with Gasteiger partial charge in [-0.05, 0) is 128 Å². The summed E-state index contributed by atoms with van der Waals surface area (Å²) in [6, 6.07) is 58.9. The number of para-hydroxylation sites is 2. The standard InChI is InChI=1S/C55H40N4/c1-33-14-18-43(36(4)22-33)39-16-20-47-45-10-6-8-12-50(45)58(53(47)27-39)52-30-49(41-25-35(3)24-38(26-41)31-56)55(29-42(52)32-57)59-51-13-9-7-11-46(51)48-21-17-40(28-54(48)59)44-19-15-34(2)23-37(44)5/h6-30H,1-5H3. The fourth-order valence-corrected chi connectivity index (χ4v) is 9.34. The molecule has 8 aromatic carbocycles. The van der Waals surface area contributed by atoms with Crippen LogP contribution in [-0.2, 0) is 0 Å². The molecule has 0 aliphatic heterocycles. The first-order valence-corrected chi connectivity index (χ1v) is 20.0. The maximum Gasteiger partial charge on any atom is 0.101 e. The quantitative estimate of drug-likeness (QED) is 0.176. The van der Waals surface area contributed by atoms with Gasteiger partial charge in [-0.2, -0.15) is 10.5 Å². The van der Waals surface area contributed by atoms with Gasteiger partial charge in [-0.25, -0.2) is 0 Å². The molecule has 0 saturated carbocycles. The van der Waals surface area contributed by atoms with E-state index in [9.17, 15) is 10.5 Å². The highest BCUT2D eigenvalue weighted by Gasteiger charge is 2.23. The Morgan fingerprint density at radius 3 is 1.42 bits per heavy atom. The van der Waals surface area contributed by atoms with Gasteiger partial charge in [-0.15, -0.1) is 0 Å². The molecule has 0 N–H and O–H groups in total. The van der Waals surface area contributed by atoms with Crippen molar-refractivity contribution in [2.75, 3.05) is 0 Å². The fraction of sp³-hybridized carbons (Fsp3) is 0.0909. The predicted octanol–water partition coefficient (Wildman–Crippen LogP) is 14.2. The number of rotatable bonds is 5. The van der Waals surface area contributed by atoms with Crippen LogP contribution in [0.15, 0.2) is 152 Å². The molecule has 0 aliphatic carbocycles. The molecule has 0 unspecified atom stereocenters. The minimum absolute atomic E-state index is 0.549.